The molecule has 1 aliphatic heterocycles. The van der Waals surface area contributed by atoms with Crippen LogP contribution in [0.25, 0.3) is 10.8 Å². The quantitative estimate of drug-likeness (QED) is 0.663. The number of hydrogen-bond acceptors (Lipinski definition) is 2. The van der Waals surface area contributed by atoms with E-state index in [1.54, 1.807) is 0 Å². The molecule has 0 bridgehead atoms. The monoisotopic (exact) mass is 365 g/mol. The maximum absolute atomic E-state index is 10.6. The van der Waals surface area contributed by atoms with Gasteiger partial charge in [-0.15, -0.1) is 23.2 Å². The van der Waals surface area contributed by atoms with Crippen molar-refractivity contribution in [2.75, 3.05) is 11.4 Å². The Morgan fingerprint density at radius 2 is 1.79 bits per heavy atom. The minimum absolute atomic E-state index is 0.0414. The second kappa shape index (κ2) is 6.00. The number of aromatic hydroxyl groups is 1. The van der Waals surface area contributed by atoms with Gasteiger partial charge in [0.1, 0.15) is 10.6 Å². The molecule has 1 aliphatic rings. The smallest absolute Gasteiger partial charge is 0.125 e. The molecule has 3 rings (SSSR count). The Balaban J connectivity index is 2.34. The number of fused-ring (bicyclic) bond motifs is 3. The van der Waals surface area contributed by atoms with Crippen LogP contribution in [0.1, 0.15) is 51.7 Å². The van der Waals surface area contributed by atoms with Gasteiger partial charge >= 0.3 is 0 Å². The summed E-state index contributed by atoms with van der Waals surface area (Å²) in [4.78, 5) is 1.80. The van der Waals surface area contributed by atoms with Crippen molar-refractivity contribution < 1.29 is 5.11 Å². The van der Waals surface area contributed by atoms with Crippen molar-refractivity contribution in [3.05, 3.63) is 35.4 Å². The summed E-state index contributed by atoms with van der Waals surface area (Å²) in [5.41, 5.74) is 3.50. The highest BCUT2D eigenvalue weighted by Gasteiger charge is 2.36. The van der Waals surface area contributed by atoms with Gasteiger partial charge in [0, 0.05) is 35.6 Å². The highest BCUT2D eigenvalue weighted by Crippen LogP contribution is 2.48. The summed E-state index contributed by atoms with van der Waals surface area (Å²) >= 11 is 12.7. The molecule has 0 saturated carbocycles. The topological polar surface area (TPSA) is 23.5 Å². The van der Waals surface area contributed by atoms with Crippen molar-refractivity contribution in [3.63, 3.8) is 0 Å². The predicted molar refractivity (Wildman–Crippen MR) is 105 cm³/mol. The van der Waals surface area contributed by atoms with Gasteiger partial charge in [0.25, 0.3) is 0 Å². The summed E-state index contributed by atoms with van der Waals surface area (Å²) in [5, 5.41) is 12.5. The first-order valence-electron chi connectivity index (χ1n) is 8.46. The number of rotatable bonds is 2. The molecule has 1 unspecified atom stereocenters. The lowest BCUT2D eigenvalue weighted by Crippen LogP contribution is -2.30. The highest BCUT2D eigenvalue weighted by atomic mass is 35.5. The molecule has 0 radical (unpaired) electrons. The van der Waals surface area contributed by atoms with Gasteiger partial charge < -0.3 is 10.0 Å². The number of phenolic OH excluding ortho intramolecular Hbond substituents is 1. The van der Waals surface area contributed by atoms with E-state index in [9.17, 15) is 5.11 Å². The van der Waals surface area contributed by atoms with Crippen LogP contribution in [0.4, 0.5) is 5.69 Å². The fourth-order valence-corrected chi connectivity index (χ4v) is 4.01. The van der Waals surface area contributed by atoms with E-state index in [1.165, 1.54) is 5.56 Å². The highest BCUT2D eigenvalue weighted by molar-refractivity contribution is 6.45. The number of halogens is 2. The van der Waals surface area contributed by atoms with Crippen molar-refractivity contribution in [1.82, 2.24) is 0 Å². The van der Waals surface area contributed by atoms with E-state index < -0.39 is 4.84 Å². The third-order valence-electron chi connectivity index (χ3n) is 5.00. The van der Waals surface area contributed by atoms with Gasteiger partial charge in [-0.2, -0.15) is 0 Å². The molecule has 1 N–H and O–H groups in total. The van der Waals surface area contributed by atoms with Gasteiger partial charge in [-0.05, 0) is 35.8 Å². The molecule has 4 heteroatoms. The minimum Gasteiger partial charge on any atom is -0.507 e. The summed E-state index contributed by atoms with van der Waals surface area (Å²) < 4.78 is 0. The standard InChI is InChI=1S/C20H25Cl2NO/c1-11(2)23-10-15(19(21)22)18-14-8-12(20(3,4)5)6-7-13(14)17(24)9-16(18)23/h6-9,11,15,19,24H,10H2,1-5H3. The average Bonchev–Trinajstić information content (AvgIpc) is 2.86. The summed E-state index contributed by atoms with van der Waals surface area (Å²) in [6.07, 6.45) is 0. The third-order valence-corrected chi connectivity index (χ3v) is 5.61. The molecule has 0 fully saturated rings. The number of alkyl halides is 2. The molecule has 0 saturated heterocycles. The van der Waals surface area contributed by atoms with E-state index in [0.717, 1.165) is 28.6 Å². The second-order valence-electron chi connectivity index (χ2n) is 8.03. The Bertz CT molecular complexity index is 777. The van der Waals surface area contributed by atoms with Gasteiger partial charge in [0.15, 0.2) is 0 Å². The van der Waals surface area contributed by atoms with E-state index in [2.05, 4.69) is 51.7 Å². The molecular weight excluding hydrogens is 341 g/mol. The van der Waals surface area contributed by atoms with Gasteiger partial charge in [0.05, 0.1) is 0 Å². The van der Waals surface area contributed by atoms with E-state index in [0.29, 0.717) is 11.8 Å². The number of hydrogen-bond donors (Lipinski definition) is 1. The minimum atomic E-state index is -0.474. The normalized spacial score (nSPS) is 18.0. The maximum atomic E-state index is 10.6. The second-order valence-corrected chi connectivity index (χ2v) is 9.19. The van der Waals surface area contributed by atoms with Gasteiger partial charge in [0.2, 0.25) is 0 Å². The Kier molecular flexibility index (Phi) is 4.42. The van der Waals surface area contributed by atoms with Crippen LogP contribution in [0.15, 0.2) is 24.3 Å². The molecule has 2 nitrogen and oxygen atoms in total. The molecule has 0 spiro atoms. The lowest BCUT2D eigenvalue weighted by atomic mass is 9.84. The van der Waals surface area contributed by atoms with Crippen LogP contribution in [-0.2, 0) is 5.41 Å². The predicted octanol–water partition coefficient (Wildman–Crippen LogP) is 5.96. The Labute approximate surface area is 154 Å². The summed E-state index contributed by atoms with van der Waals surface area (Å²) in [6, 6.07) is 8.49. The molecule has 2 aromatic rings. The molecule has 0 aromatic heterocycles. The molecule has 24 heavy (non-hydrogen) atoms. The average molecular weight is 366 g/mol. The zero-order valence-electron chi connectivity index (χ0n) is 14.9. The van der Waals surface area contributed by atoms with Crippen molar-refractivity contribution in [2.24, 2.45) is 0 Å². The largest absolute Gasteiger partial charge is 0.507 e. The van der Waals surface area contributed by atoms with Gasteiger partial charge in [-0.1, -0.05) is 39.0 Å². The van der Waals surface area contributed by atoms with Gasteiger partial charge in [-0.3, -0.25) is 0 Å². The summed E-state index contributed by atoms with van der Waals surface area (Å²) in [6.45, 7) is 11.7. The van der Waals surface area contributed by atoms with Crippen LogP contribution >= 0.6 is 23.2 Å². The molecule has 0 amide bonds. The zero-order valence-corrected chi connectivity index (χ0v) is 16.4. The maximum Gasteiger partial charge on any atom is 0.125 e. The number of benzene rings is 2. The van der Waals surface area contributed by atoms with Crippen molar-refractivity contribution >= 4 is 39.7 Å². The fourth-order valence-electron chi connectivity index (χ4n) is 3.60. The summed E-state index contributed by atoms with van der Waals surface area (Å²) in [7, 11) is 0. The fraction of sp³-hybridized carbons (Fsp3) is 0.500. The van der Waals surface area contributed by atoms with E-state index in [1.807, 2.05) is 12.1 Å². The molecule has 2 aromatic carbocycles. The van der Waals surface area contributed by atoms with Crippen molar-refractivity contribution in [3.8, 4) is 5.75 Å². The zero-order chi connectivity index (χ0) is 17.8. The Hall–Kier alpha value is -1.12. The van der Waals surface area contributed by atoms with Crippen LogP contribution in [-0.4, -0.2) is 22.5 Å². The van der Waals surface area contributed by atoms with Crippen LogP contribution in [0.5, 0.6) is 5.75 Å². The number of nitrogens with zero attached hydrogens (tertiary/aromatic N) is 1. The number of anilines is 1. The van der Waals surface area contributed by atoms with E-state index in [-0.39, 0.29) is 11.3 Å². The summed E-state index contributed by atoms with van der Waals surface area (Å²) in [5.74, 6) is 0.361. The first-order chi connectivity index (χ1) is 11.1. The van der Waals surface area contributed by atoms with Crippen LogP contribution in [0.2, 0.25) is 0 Å². The molecule has 1 atom stereocenters. The molecule has 0 aliphatic carbocycles. The molecular formula is C20H25Cl2NO. The lowest BCUT2D eigenvalue weighted by Gasteiger charge is -2.25. The van der Waals surface area contributed by atoms with Crippen LogP contribution in [0.3, 0.4) is 0 Å². The Morgan fingerprint density at radius 3 is 2.33 bits per heavy atom. The first-order valence-corrected chi connectivity index (χ1v) is 9.33. The SMILES string of the molecule is CC(C)N1CC(C(Cl)Cl)c2c1cc(O)c1ccc(C(C)(C)C)cc21. The Morgan fingerprint density at radius 1 is 1.12 bits per heavy atom. The first kappa shape index (κ1) is 17.7. The van der Waals surface area contributed by atoms with Crippen LogP contribution in [0, 0.1) is 0 Å². The van der Waals surface area contributed by atoms with Crippen LogP contribution < -0.4 is 4.90 Å². The third kappa shape index (κ3) is 2.84. The molecule has 1 heterocycles. The van der Waals surface area contributed by atoms with Crippen molar-refractivity contribution in [1.29, 1.82) is 0 Å². The number of phenols is 1. The lowest BCUT2D eigenvalue weighted by molar-refractivity contribution is 0.481. The van der Waals surface area contributed by atoms with Gasteiger partial charge in [-0.25, -0.2) is 0 Å². The van der Waals surface area contributed by atoms with E-state index in [4.69, 9.17) is 23.2 Å². The molecule has 130 valence electrons. The van der Waals surface area contributed by atoms with E-state index >= 15 is 0 Å². The van der Waals surface area contributed by atoms with Crippen molar-refractivity contribution in [2.45, 2.75) is 56.8 Å².